The van der Waals surface area contributed by atoms with Crippen LogP contribution in [0.1, 0.15) is 30.9 Å². The number of hydrogen-bond acceptors (Lipinski definition) is 1. The minimum atomic E-state index is 0.507. The van der Waals surface area contributed by atoms with Crippen LogP contribution in [0.3, 0.4) is 0 Å². The third kappa shape index (κ3) is 2.70. The molecule has 1 aromatic heterocycles. The summed E-state index contributed by atoms with van der Waals surface area (Å²) in [7, 11) is 0. The Bertz CT molecular complexity index is 683. The highest BCUT2D eigenvalue weighted by molar-refractivity contribution is 6.40. The van der Waals surface area contributed by atoms with Gasteiger partial charge in [-0.1, -0.05) is 41.4 Å². The van der Waals surface area contributed by atoms with Crippen LogP contribution in [0.25, 0.3) is 11.8 Å². The maximum Gasteiger partial charge on any atom is 0.320 e. The Morgan fingerprint density at radius 1 is 1.14 bits per heavy atom. The molecule has 1 aliphatic heterocycles. The molecule has 3 rings (SSSR count). The van der Waals surface area contributed by atoms with Crippen LogP contribution in [-0.4, -0.2) is 9.67 Å². The van der Waals surface area contributed by atoms with Crippen molar-refractivity contribution in [3.8, 4) is 5.69 Å². The Labute approximate surface area is 138 Å². The van der Waals surface area contributed by atoms with Gasteiger partial charge in [0.1, 0.15) is 12.2 Å². The number of fused-ring (bicyclic) bond motifs is 1. The number of halogens is 3. The minimum Gasteiger partial charge on any atom is -0.148 e. The van der Waals surface area contributed by atoms with Crippen molar-refractivity contribution < 1.29 is 4.68 Å². The van der Waals surface area contributed by atoms with Gasteiger partial charge < -0.3 is 0 Å². The lowest BCUT2D eigenvalue weighted by Gasteiger charge is -2.10. The number of nitrogens with zero attached hydrogens (tertiary/aromatic N) is 3. The average molecular weight is 344 g/mol. The van der Waals surface area contributed by atoms with Gasteiger partial charge in [-0.15, -0.1) is 9.36 Å². The van der Waals surface area contributed by atoms with Crippen molar-refractivity contribution in [3.05, 3.63) is 45.4 Å². The fraction of sp³-hybridized carbons (Fsp3) is 0.333. The molecular formula is C15H15Cl3N3+. The predicted octanol–water partition coefficient (Wildman–Crippen LogP) is 4.49. The topological polar surface area (TPSA) is 21.7 Å². The van der Waals surface area contributed by atoms with E-state index in [0.29, 0.717) is 20.8 Å². The molecule has 2 heterocycles. The van der Waals surface area contributed by atoms with Crippen LogP contribution in [0.4, 0.5) is 0 Å². The molecule has 6 heteroatoms. The zero-order chi connectivity index (χ0) is 15.0. The summed E-state index contributed by atoms with van der Waals surface area (Å²) in [6.07, 6.45) is 6.15. The van der Waals surface area contributed by atoms with E-state index in [1.54, 1.807) is 18.2 Å². The largest absolute Gasteiger partial charge is 0.320 e. The van der Waals surface area contributed by atoms with Crippen molar-refractivity contribution in [1.29, 1.82) is 0 Å². The van der Waals surface area contributed by atoms with E-state index in [0.717, 1.165) is 37.5 Å². The van der Waals surface area contributed by atoms with Gasteiger partial charge in [0.25, 0.3) is 5.82 Å². The molecule has 0 aliphatic carbocycles. The molecule has 0 N–H and O–H groups in total. The molecule has 0 radical (unpaired) electrons. The Kier molecular flexibility index (Phi) is 4.25. The van der Waals surface area contributed by atoms with Crippen LogP contribution in [0.15, 0.2) is 18.7 Å². The first-order chi connectivity index (χ1) is 10.1. The van der Waals surface area contributed by atoms with Gasteiger partial charge in [-0.05, 0) is 36.4 Å². The zero-order valence-electron chi connectivity index (χ0n) is 11.5. The van der Waals surface area contributed by atoms with Crippen molar-refractivity contribution in [1.82, 2.24) is 9.67 Å². The fourth-order valence-electron chi connectivity index (χ4n) is 2.72. The normalized spacial score (nSPS) is 14.6. The molecule has 21 heavy (non-hydrogen) atoms. The van der Waals surface area contributed by atoms with Crippen LogP contribution in [0, 0.1) is 0 Å². The number of aryl methyl sites for hydroxylation is 1. The third-order valence-electron chi connectivity index (χ3n) is 3.65. The highest BCUT2D eigenvalue weighted by Gasteiger charge is 2.28. The molecule has 2 aromatic rings. The van der Waals surface area contributed by atoms with E-state index in [2.05, 4.69) is 16.2 Å². The van der Waals surface area contributed by atoms with Gasteiger partial charge in [-0.25, -0.2) is 0 Å². The van der Waals surface area contributed by atoms with Crippen LogP contribution in [0.5, 0.6) is 0 Å². The lowest BCUT2D eigenvalue weighted by molar-refractivity contribution is -0.773. The summed E-state index contributed by atoms with van der Waals surface area (Å²) in [6, 6.07) is 3.39. The van der Waals surface area contributed by atoms with Gasteiger partial charge in [-0.3, -0.25) is 0 Å². The summed E-state index contributed by atoms with van der Waals surface area (Å²) in [6.45, 7) is 4.75. The Balaban J connectivity index is 2.27. The highest BCUT2D eigenvalue weighted by Crippen LogP contribution is 2.32. The molecule has 110 valence electrons. The monoisotopic (exact) mass is 342 g/mol. The first-order valence-corrected chi connectivity index (χ1v) is 8.04. The fourth-order valence-corrected chi connectivity index (χ4v) is 3.69. The van der Waals surface area contributed by atoms with Crippen molar-refractivity contribution in [2.45, 2.75) is 32.2 Å². The van der Waals surface area contributed by atoms with Crippen molar-refractivity contribution in [3.63, 3.8) is 0 Å². The molecule has 0 bridgehead atoms. The number of hydrogen-bond donors (Lipinski definition) is 0. The van der Waals surface area contributed by atoms with Crippen molar-refractivity contribution in [2.24, 2.45) is 0 Å². The van der Waals surface area contributed by atoms with Gasteiger partial charge in [0.2, 0.25) is 0 Å². The first kappa shape index (κ1) is 14.9. The molecule has 0 saturated heterocycles. The van der Waals surface area contributed by atoms with E-state index >= 15 is 0 Å². The highest BCUT2D eigenvalue weighted by atomic mass is 35.5. The van der Waals surface area contributed by atoms with Crippen LogP contribution in [0.2, 0.25) is 15.1 Å². The number of aromatic nitrogens is 3. The molecule has 1 aliphatic rings. The Hall–Kier alpha value is -1.03. The van der Waals surface area contributed by atoms with E-state index in [1.165, 1.54) is 6.42 Å². The van der Waals surface area contributed by atoms with Gasteiger partial charge in [0.15, 0.2) is 0 Å². The van der Waals surface area contributed by atoms with Crippen LogP contribution >= 0.6 is 34.8 Å². The van der Waals surface area contributed by atoms with E-state index in [-0.39, 0.29) is 0 Å². The lowest BCUT2D eigenvalue weighted by atomic mass is 10.2. The van der Waals surface area contributed by atoms with E-state index in [9.17, 15) is 0 Å². The van der Waals surface area contributed by atoms with Gasteiger partial charge in [-0.2, -0.15) is 0 Å². The second kappa shape index (κ2) is 5.99. The Morgan fingerprint density at radius 2 is 1.86 bits per heavy atom. The average Bonchev–Trinajstić information content (AvgIpc) is 2.61. The summed E-state index contributed by atoms with van der Waals surface area (Å²) < 4.78 is 4.10. The summed E-state index contributed by atoms with van der Waals surface area (Å²) in [5.41, 5.74) is 0.707. The van der Waals surface area contributed by atoms with E-state index in [1.807, 2.05) is 4.68 Å². The van der Waals surface area contributed by atoms with Crippen molar-refractivity contribution >= 4 is 40.9 Å². The quantitative estimate of drug-likeness (QED) is 0.736. The third-order valence-corrected chi connectivity index (χ3v) is 4.44. The predicted molar refractivity (Wildman–Crippen MR) is 86.4 cm³/mol. The maximum atomic E-state index is 6.37. The Morgan fingerprint density at radius 3 is 2.52 bits per heavy atom. The maximum absolute atomic E-state index is 6.37. The van der Waals surface area contributed by atoms with Crippen molar-refractivity contribution in [2.75, 3.05) is 0 Å². The molecular weight excluding hydrogens is 329 g/mol. The lowest BCUT2D eigenvalue weighted by Crippen LogP contribution is -2.45. The molecule has 3 nitrogen and oxygen atoms in total. The van der Waals surface area contributed by atoms with Gasteiger partial charge in [0.05, 0.1) is 16.5 Å². The second-order valence-corrected chi connectivity index (χ2v) is 6.30. The summed E-state index contributed by atoms with van der Waals surface area (Å²) in [4.78, 5) is 4.67. The molecule has 0 spiro atoms. The standard InChI is InChI=1S/C15H15Cl3N3/c1-2-13-19-14-6-4-3-5-7-20(14)21(13)15-11(17)8-10(16)9-12(15)18/h2,8-9H,1,3-7H2/q+1. The second-order valence-electron chi connectivity index (χ2n) is 5.05. The van der Waals surface area contributed by atoms with Gasteiger partial charge in [0, 0.05) is 11.1 Å². The summed E-state index contributed by atoms with van der Waals surface area (Å²) in [5, 5.41) is 1.53. The minimum absolute atomic E-state index is 0.507. The summed E-state index contributed by atoms with van der Waals surface area (Å²) >= 11 is 18.8. The number of benzene rings is 1. The molecule has 0 fully saturated rings. The van der Waals surface area contributed by atoms with E-state index in [4.69, 9.17) is 34.8 Å². The smallest absolute Gasteiger partial charge is 0.148 e. The van der Waals surface area contributed by atoms with E-state index < -0.39 is 0 Å². The SMILES string of the molecule is C=Cc1nc2[n+](n1-c1c(Cl)cc(Cl)cc1Cl)CCCCC2. The molecule has 0 unspecified atom stereocenters. The van der Waals surface area contributed by atoms with Crippen LogP contribution in [-0.2, 0) is 13.0 Å². The molecule has 0 saturated carbocycles. The molecule has 1 aromatic carbocycles. The molecule has 0 atom stereocenters. The zero-order valence-corrected chi connectivity index (χ0v) is 13.7. The first-order valence-electron chi connectivity index (χ1n) is 6.91. The van der Waals surface area contributed by atoms with Gasteiger partial charge >= 0.3 is 5.82 Å². The summed E-state index contributed by atoms with van der Waals surface area (Å²) in [5.74, 6) is 1.79. The van der Waals surface area contributed by atoms with Crippen LogP contribution < -0.4 is 4.68 Å². The number of rotatable bonds is 2. The molecule has 0 amide bonds.